The number of methoxy groups -OCH3 is 1. The van der Waals surface area contributed by atoms with E-state index in [4.69, 9.17) is 14.6 Å². The summed E-state index contributed by atoms with van der Waals surface area (Å²) in [7, 11) is 1.70. The van der Waals surface area contributed by atoms with Gasteiger partial charge in [-0.05, 0) is 42.4 Å². The Balaban J connectivity index is 3.15. The van der Waals surface area contributed by atoms with Crippen molar-refractivity contribution >= 4 is 5.97 Å². The van der Waals surface area contributed by atoms with E-state index in [9.17, 15) is 4.79 Å². The molecule has 142 valence electrons. The van der Waals surface area contributed by atoms with Crippen LogP contribution in [-0.4, -0.2) is 24.8 Å². The van der Waals surface area contributed by atoms with Gasteiger partial charge >= 0.3 is 5.97 Å². The molecule has 1 rings (SSSR count). The Morgan fingerprint density at radius 1 is 1.16 bits per heavy atom. The number of unbranched alkanes of at least 4 members (excludes halogenated alkanes) is 2. The molecular weight excluding hydrogens is 316 g/mol. The summed E-state index contributed by atoms with van der Waals surface area (Å²) < 4.78 is 11.2. The third-order valence-corrected chi connectivity index (χ3v) is 4.63. The number of aliphatic hydroxyl groups is 1. The van der Waals surface area contributed by atoms with Gasteiger partial charge in [0.25, 0.3) is 0 Å². The lowest BCUT2D eigenvalue weighted by molar-refractivity contribution is -0.134. The van der Waals surface area contributed by atoms with Crippen LogP contribution in [0.4, 0.5) is 0 Å². The Bertz CT molecular complexity index is 549. The first-order valence-electron chi connectivity index (χ1n) is 9.42. The molecular formula is C21H34O4. The summed E-state index contributed by atoms with van der Waals surface area (Å²) in [6, 6.07) is 3.84. The number of aryl methyl sites for hydroxylation is 1. The molecule has 0 aliphatic rings. The maximum Gasteiger partial charge on any atom is 0.311 e. The Hall–Kier alpha value is -1.55. The number of hydrogen-bond donors (Lipinski definition) is 1. The number of carbonyl (C=O) groups is 1. The third kappa shape index (κ3) is 6.35. The highest BCUT2D eigenvalue weighted by atomic mass is 16.5. The Morgan fingerprint density at radius 3 is 2.44 bits per heavy atom. The number of esters is 1. The molecule has 4 heteroatoms. The van der Waals surface area contributed by atoms with E-state index in [2.05, 4.69) is 27.7 Å². The summed E-state index contributed by atoms with van der Waals surface area (Å²) >= 11 is 0. The number of hydrogen-bond acceptors (Lipinski definition) is 4. The highest BCUT2D eigenvalue weighted by molar-refractivity contribution is 5.72. The normalized spacial score (nSPS) is 11.4. The van der Waals surface area contributed by atoms with Gasteiger partial charge in [0.2, 0.25) is 0 Å². The van der Waals surface area contributed by atoms with Crippen LogP contribution < -0.4 is 9.47 Å². The first kappa shape index (κ1) is 21.5. The van der Waals surface area contributed by atoms with E-state index >= 15 is 0 Å². The van der Waals surface area contributed by atoms with E-state index in [0.717, 1.165) is 36.1 Å². The molecule has 0 aliphatic carbocycles. The van der Waals surface area contributed by atoms with Gasteiger partial charge in [0.15, 0.2) is 0 Å². The van der Waals surface area contributed by atoms with Crippen LogP contribution >= 0.6 is 0 Å². The van der Waals surface area contributed by atoms with Crippen LogP contribution in [0, 0.1) is 0 Å². The molecule has 0 fully saturated rings. The summed E-state index contributed by atoms with van der Waals surface area (Å²) in [6.07, 6.45) is 6.07. The summed E-state index contributed by atoms with van der Waals surface area (Å²) in [6.45, 7) is 8.71. The van der Waals surface area contributed by atoms with Crippen molar-refractivity contribution in [1.82, 2.24) is 0 Å². The zero-order chi connectivity index (χ0) is 18.9. The predicted molar refractivity (Wildman–Crippen MR) is 101 cm³/mol. The average Bonchev–Trinajstić information content (AvgIpc) is 2.59. The van der Waals surface area contributed by atoms with Crippen molar-refractivity contribution in [2.24, 2.45) is 0 Å². The zero-order valence-corrected chi connectivity index (χ0v) is 16.5. The molecule has 0 aliphatic heterocycles. The minimum absolute atomic E-state index is 0.00632. The maximum atomic E-state index is 11.9. The van der Waals surface area contributed by atoms with Crippen molar-refractivity contribution in [3.8, 4) is 11.5 Å². The van der Waals surface area contributed by atoms with E-state index in [1.165, 1.54) is 12.8 Å². The van der Waals surface area contributed by atoms with Crippen LogP contribution in [0.15, 0.2) is 12.1 Å². The SMILES string of the molecule is CCCCCC(C)(C)c1cc(OC(=O)CCCO)cc(CC)c1OC. The quantitative estimate of drug-likeness (QED) is 0.354. The summed E-state index contributed by atoms with van der Waals surface area (Å²) in [4.78, 5) is 11.9. The fourth-order valence-electron chi connectivity index (χ4n) is 3.08. The van der Waals surface area contributed by atoms with Gasteiger partial charge in [0.05, 0.1) is 7.11 Å². The largest absolute Gasteiger partial charge is 0.496 e. The molecule has 0 heterocycles. The lowest BCUT2D eigenvalue weighted by Crippen LogP contribution is -2.20. The summed E-state index contributed by atoms with van der Waals surface area (Å²) in [5.41, 5.74) is 2.08. The van der Waals surface area contributed by atoms with Crippen LogP contribution in [-0.2, 0) is 16.6 Å². The molecule has 0 saturated carbocycles. The molecule has 1 aromatic rings. The van der Waals surface area contributed by atoms with Gasteiger partial charge in [0, 0.05) is 18.6 Å². The van der Waals surface area contributed by atoms with Crippen molar-refractivity contribution < 1.29 is 19.4 Å². The second kappa shape index (κ2) is 10.4. The monoisotopic (exact) mass is 350 g/mol. The van der Waals surface area contributed by atoms with E-state index < -0.39 is 0 Å². The smallest absolute Gasteiger partial charge is 0.311 e. The molecule has 0 unspecified atom stereocenters. The Morgan fingerprint density at radius 2 is 1.88 bits per heavy atom. The zero-order valence-electron chi connectivity index (χ0n) is 16.5. The first-order chi connectivity index (χ1) is 11.9. The van der Waals surface area contributed by atoms with Gasteiger partial charge in [-0.1, -0.05) is 47.0 Å². The first-order valence-corrected chi connectivity index (χ1v) is 9.42. The van der Waals surface area contributed by atoms with Crippen LogP contribution in [0.5, 0.6) is 11.5 Å². The average molecular weight is 350 g/mol. The van der Waals surface area contributed by atoms with Crippen molar-refractivity contribution in [1.29, 1.82) is 0 Å². The van der Waals surface area contributed by atoms with E-state index in [-0.39, 0.29) is 24.4 Å². The molecule has 0 amide bonds. The standard InChI is InChI=1S/C21H34O4/c1-6-8-9-12-21(3,4)18-15-17(25-19(23)11-10-13-22)14-16(7-2)20(18)24-5/h14-15,22H,6-13H2,1-5H3. The van der Waals surface area contributed by atoms with Gasteiger partial charge in [0.1, 0.15) is 11.5 Å². The highest BCUT2D eigenvalue weighted by Crippen LogP contribution is 2.40. The lowest BCUT2D eigenvalue weighted by atomic mass is 9.78. The molecule has 1 N–H and O–H groups in total. The minimum atomic E-state index is -0.309. The van der Waals surface area contributed by atoms with Gasteiger partial charge in [-0.2, -0.15) is 0 Å². The molecule has 0 radical (unpaired) electrons. The number of rotatable bonds is 11. The molecule has 0 spiro atoms. The van der Waals surface area contributed by atoms with Crippen LogP contribution in [0.3, 0.4) is 0 Å². The molecule has 0 atom stereocenters. The van der Waals surface area contributed by atoms with E-state index in [1.54, 1.807) is 7.11 Å². The highest BCUT2D eigenvalue weighted by Gasteiger charge is 2.27. The van der Waals surface area contributed by atoms with Crippen molar-refractivity contribution in [3.63, 3.8) is 0 Å². The fourth-order valence-corrected chi connectivity index (χ4v) is 3.08. The van der Waals surface area contributed by atoms with Crippen LogP contribution in [0.2, 0.25) is 0 Å². The van der Waals surface area contributed by atoms with E-state index in [0.29, 0.717) is 12.2 Å². The molecule has 4 nitrogen and oxygen atoms in total. The molecule has 25 heavy (non-hydrogen) atoms. The third-order valence-electron chi connectivity index (χ3n) is 4.63. The summed E-state index contributed by atoms with van der Waals surface area (Å²) in [5.74, 6) is 1.16. The lowest BCUT2D eigenvalue weighted by Gasteiger charge is -2.29. The van der Waals surface area contributed by atoms with Crippen molar-refractivity contribution in [2.45, 2.75) is 78.1 Å². The topological polar surface area (TPSA) is 55.8 Å². The number of benzene rings is 1. The Kier molecular flexibility index (Phi) is 8.98. The number of ether oxygens (including phenoxy) is 2. The number of carbonyl (C=O) groups excluding carboxylic acids is 1. The minimum Gasteiger partial charge on any atom is -0.496 e. The van der Waals surface area contributed by atoms with Gasteiger partial charge in [-0.15, -0.1) is 0 Å². The second-order valence-electron chi connectivity index (χ2n) is 7.16. The summed E-state index contributed by atoms with van der Waals surface area (Å²) in [5, 5.41) is 8.86. The molecule has 1 aromatic carbocycles. The number of aliphatic hydroxyl groups excluding tert-OH is 1. The fraction of sp³-hybridized carbons (Fsp3) is 0.667. The van der Waals surface area contributed by atoms with Crippen molar-refractivity contribution in [3.05, 3.63) is 23.3 Å². The second-order valence-corrected chi connectivity index (χ2v) is 7.16. The van der Waals surface area contributed by atoms with Gasteiger partial charge in [-0.25, -0.2) is 0 Å². The maximum absolute atomic E-state index is 11.9. The Labute approximate surface area is 152 Å². The van der Waals surface area contributed by atoms with Gasteiger partial charge < -0.3 is 14.6 Å². The van der Waals surface area contributed by atoms with E-state index in [1.807, 2.05) is 12.1 Å². The molecule has 0 bridgehead atoms. The van der Waals surface area contributed by atoms with Crippen LogP contribution in [0.25, 0.3) is 0 Å². The van der Waals surface area contributed by atoms with Crippen LogP contribution in [0.1, 0.15) is 77.3 Å². The van der Waals surface area contributed by atoms with Crippen molar-refractivity contribution in [2.75, 3.05) is 13.7 Å². The molecule has 0 aromatic heterocycles. The molecule has 0 saturated heterocycles. The van der Waals surface area contributed by atoms with Gasteiger partial charge in [-0.3, -0.25) is 4.79 Å². The predicted octanol–water partition coefficient (Wildman–Crippen LogP) is 4.79.